The second-order valence-electron chi connectivity index (χ2n) is 4.51. The van der Waals surface area contributed by atoms with Crippen LogP contribution in [0.1, 0.15) is 19.8 Å². The van der Waals surface area contributed by atoms with Crippen LogP contribution in [0.5, 0.6) is 0 Å². The van der Waals surface area contributed by atoms with Gasteiger partial charge in [-0.15, -0.1) is 0 Å². The fourth-order valence-electron chi connectivity index (χ4n) is 2.62. The third-order valence-corrected chi connectivity index (χ3v) is 4.32. The Morgan fingerprint density at radius 2 is 2.12 bits per heavy atom. The first-order valence-corrected chi connectivity index (χ1v) is 7.52. The Morgan fingerprint density at radius 3 is 2.62 bits per heavy atom. The Labute approximate surface area is 98.5 Å². The van der Waals surface area contributed by atoms with E-state index in [4.69, 9.17) is 20.2 Å². The lowest BCUT2D eigenvalue weighted by molar-refractivity contribution is -0.159. The molecule has 0 spiro atoms. The predicted molar refractivity (Wildman–Crippen MR) is 56.6 cm³/mol. The lowest BCUT2D eigenvalue weighted by atomic mass is 9.63. The third kappa shape index (κ3) is 1.94. The number of carbonyl (C=O) groups excluding carboxylic acids is 1. The van der Waals surface area contributed by atoms with Gasteiger partial charge < -0.3 is 9.47 Å². The minimum absolute atomic E-state index is 0.233. The van der Waals surface area contributed by atoms with Crippen molar-refractivity contribution in [2.45, 2.75) is 25.4 Å². The summed E-state index contributed by atoms with van der Waals surface area (Å²) in [6, 6.07) is 0. The smallest absolute Gasteiger partial charge is 0.314 e. The summed E-state index contributed by atoms with van der Waals surface area (Å²) >= 11 is 0. The van der Waals surface area contributed by atoms with Crippen molar-refractivity contribution in [1.29, 1.82) is 0 Å². The summed E-state index contributed by atoms with van der Waals surface area (Å²) in [5.41, 5.74) is -1.38. The van der Waals surface area contributed by atoms with Gasteiger partial charge in [0, 0.05) is 10.7 Å². The zero-order valence-corrected chi connectivity index (χ0v) is 10.4. The molecule has 16 heavy (non-hydrogen) atoms. The highest BCUT2D eigenvalue weighted by atomic mass is 35.7. The average molecular weight is 269 g/mol. The molecule has 2 bridgehead atoms. The Morgan fingerprint density at radius 1 is 1.50 bits per heavy atom. The highest BCUT2D eigenvalue weighted by Crippen LogP contribution is 2.59. The van der Waals surface area contributed by atoms with Crippen LogP contribution in [0.3, 0.4) is 0 Å². The summed E-state index contributed by atoms with van der Waals surface area (Å²) in [4.78, 5) is 11.6. The van der Waals surface area contributed by atoms with E-state index in [1.165, 1.54) is 0 Å². The van der Waals surface area contributed by atoms with Crippen molar-refractivity contribution in [3.05, 3.63) is 0 Å². The van der Waals surface area contributed by atoms with Crippen molar-refractivity contribution in [2.75, 3.05) is 19.0 Å². The first-order valence-electron chi connectivity index (χ1n) is 5.04. The molecule has 0 unspecified atom stereocenters. The third-order valence-electron chi connectivity index (χ3n) is 3.12. The fraction of sp³-hybridized carbons (Fsp3) is 0.889. The zero-order chi connectivity index (χ0) is 12.0. The first kappa shape index (κ1) is 12.1. The van der Waals surface area contributed by atoms with Crippen LogP contribution in [0.25, 0.3) is 0 Å². The van der Waals surface area contributed by atoms with Crippen molar-refractivity contribution in [1.82, 2.24) is 0 Å². The van der Waals surface area contributed by atoms with E-state index < -0.39 is 20.1 Å². The number of esters is 1. The zero-order valence-electron chi connectivity index (χ0n) is 8.86. The van der Waals surface area contributed by atoms with Gasteiger partial charge in [0.2, 0.25) is 9.05 Å². The van der Waals surface area contributed by atoms with Crippen molar-refractivity contribution in [3.63, 3.8) is 0 Å². The summed E-state index contributed by atoms with van der Waals surface area (Å²) in [5.74, 6) is -0.530. The molecule has 0 N–H and O–H groups in total. The number of halogens is 1. The van der Waals surface area contributed by atoms with Gasteiger partial charge in [-0.25, -0.2) is 8.42 Å². The van der Waals surface area contributed by atoms with E-state index in [-0.39, 0.29) is 18.3 Å². The van der Waals surface area contributed by atoms with Crippen LogP contribution in [-0.4, -0.2) is 39.0 Å². The molecule has 2 aliphatic heterocycles. The quantitative estimate of drug-likeness (QED) is 0.554. The van der Waals surface area contributed by atoms with E-state index in [0.717, 1.165) is 0 Å². The Kier molecular flexibility index (Phi) is 2.72. The number of fused-ring (bicyclic) bond motifs is 1. The van der Waals surface area contributed by atoms with Crippen LogP contribution in [0.2, 0.25) is 0 Å². The lowest BCUT2D eigenvalue weighted by Gasteiger charge is -2.41. The van der Waals surface area contributed by atoms with E-state index in [1.807, 2.05) is 0 Å². The molecule has 7 heteroatoms. The second kappa shape index (κ2) is 3.58. The van der Waals surface area contributed by atoms with Gasteiger partial charge in [0.1, 0.15) is 0 Å². The minimum atomic E-state index is -3.60. The maximum absolute atomic E-state index is 11.6. The summed E-state index contributed by atoms with van der Waals surface area (Å²) in [5, 5.41) is 0. The molecule has 0 atom stereocenters. The van der Waals surface area contributed by atoms with Gasteiger partial charge in [-0.1, -0.05) is 0 Å². The largest absolute Gasteiger partial charge is 0.465 e. The van der Waals surface area contributed by atoms with E-state index in [9.17, 15) is 13.2 Å². The number of carbonyl (C=O) groups is 1. The number of hydrogen-bond acceptors (Lipinski definition) is 5. The van der Waals surface area contributed by atoms with E-state index in [0.29, 0.717) is 19.4 Å². The Bertz CT molecular complexity index is 410. The molecule has 0 amide bonds. The molecular weight excluding hydrogens is 256 g/mol. The number of ether oxygens (including phenoxy) is 2. The van der Waals surface area contributed by atoms with E-state index in [2.05, 4.69) is 0 Å². The van der Waals surface area contributed by atoms with Gasteiger partial charge in [0.15, 0.2) is 0 Å². The molecule has 0 aromatic heterocycles. The summed E-state index contributed by atoms with van der Waals surface area (Å²) in [6.45, 7) is 2.29. The standard InChI is InChI=1S/C9H13ClO5S/c1-2-14-7(11)8-3-9(4-8,15-5-8)6-16(10,12)13/h2-6H2,1H3. The van der Waals surface area contributed by atoms with Gasteiger partial charge in [-0.3, -0.25) is 4.79 Å². The molecule has 3 aliphatic rings. The molecule has 1 aliphatic carbocycles. The number of rotatable bonds is 4. The van der Waals surface area contributed by atoms with E-state index in [1.54, 1.807) is 6.92 Å². The number of hydrogen-bond donors (Lipinski definition) is 0. The van der Waals surface area contributed by atoms with Crippen LogP contribution in [0.15, 0.2) is 0 Å². The lowest BCUT2D eigenvalue weighted by Crippen LogP contribution is -2.52. The average Bonchev–Trinajstić information content (AvgIpc) is 2.56. The van der Waals surface area contributed by atoms with Gasteiger partial charge >= 0.3 is 5.97 Å². The fourth-order valence-corrected chi connectivity index (χ4v) is 4.13. The molecule has 92 valence electrons. The van der Waals surface area contributed by atoms with E-state index >= 15 is 0 Å². The first-order chi connectivity index (χ1) is 7.31. The molecule has 2 saturated heterocycles. The molecular formula is C9H13ClO5S. The summed E-state index contributed by atoms with van der Waals surface area (Å²) in [7, 11) is 1.59. The van der Waals surface area contributed by atoms with Crippen molar-refractivity contribution in [3.8, 4) is 0 Å². The minimum Gasteiger partial charge on any atom is -0.465 e. The topological polar surface area (TPSA) is 69.7 Å². The van der Waals surface area contributed by atoms with Crippen LogP contribution < -0.4 is 0 Å². The Hall–Kier alpha value is -0.330. The molecule has 0 aromatic carbocycles. The van der Waals surface area contributed by atoms with Gasteiger partial charge in [-0.2, -0.15) is 0 Å². The van der Waals surface area contributed by atoms with Crippen LogP contribution in [0.4, 0.5) is 0 Å². The molecule has 0 aromatic rings. The van der Waals surface area contributed by atoms with Crippen LogP contribution in [-0.2, 0) is 23.3 Å². The van der Waals surface area contributed by atoms with Crippen LogP contribution in [0, 0.1) is 5.41 Å². The predicted octanol–water partition coefficient (Wildman–Crippen LogP) is 0.667. The summed E-state index contributed by atoms with van der Waals surface area (Å²) < 4.78 is 32.3. The van der Waals surface area contributed by atoms with Crippen molar-refractivity contribution in [2.24, 2.45) is 5.41 Å². The molecule has 0 radical (unpaired) electrons. The molecule has 2 heterocycles. The SMILES string of the molecule is CCOC(=O)C12COC(CS(=O)(=O)Cl)(C1)C2. The highest BCUT2D eigenvalue weighted by Gasteiger charge is 2.68. The van der Waals surface area contributed by atoms with Crippen molar-refractivity contribution < 1.29 is 22.7 Å². The Balaban J connectivity index is 2.03. The molecule has 3 fully saturated rings. The molecule has 3 rings (SSSR count). The van der Waals surface area contributed by atoms with Crippen LogP contribution >= 0.6 is 10.7 Å². The molecule has 1 saturated carbocycles. The monoisotopic (exact) mass is 268 g/mol. The maximum atomic E-state index is 11.6. The van der Waals surface area contributed by atoms with Gasteiger partial charge in [0.05, 0.1) is 30.0 Å². The molecule has 5 nitrogen and oxygen atoms in total. The highest BCUT2D eigenvalue weighted by molar-refractivity contribution is 8.13. The van der Waals surface area contributed by atoms with Crippen molar-refractivity contribution >= 4 is 25.7 Å². The maximum Gasteiger partial charge on any atom is 0.314 e. The van der Waals surface area contributed by atoms with Gasteiger partial charge in [-0.05, 0) is 19.8 Å². The summed E-state index contributed by atoms with van der Waals surface area (Å²) in [6.07, 6.45) is 0.787. The normalized spacial score (nSPS) is 36.9. The van der Waals surface area contributed by atoms with Gasteiger partial charge in [0.25, 0.3) is 0 Å². The second-order valence-corrected chi connectivity index (χ2v) is 7.29.